The molecular weight excluding hydrogens is 659 g/mol. The number of hydroxylamine groups is 1. The molecule has 0 amide bonds. The fraction of sp³-hybridized carbons (Fsp3) is 0.290. The second kappa shape index (κ2) is 14.9. The van der Waals surface area contributed by atoms with Gasteiger partial charge < -0.3 is 15.9 Å². The topological polar surface area (TPSA) is 214 Å². The zero-order valence-corrected chi connectivity index (χ0v) is 26.6. The minimum absolute atomic E-state index is 0.0506. The molecule has 1 fully saturated rings. The minimum Gasteiger partial charge on any atom is -0.477 e. The van der Waals surface area contributed by atoms with Crippen molar-refractivity contribution in [3.05, 3.63) is 95.6 Å². The molecule has 0 bridgehead atoms. The molecular formula is C31H35F3N5O8S+. The second-order valence-corrected chi connectivity index (χ2v) is 13.3. The number of rotatable bonds is 11. The van der Waals surface area contributed by atoms with Crippen LogP contribution in [-0.4, -0.2) is 71.6 Å². The van der Waals surface area contributed by atoms with Crippen LogP contribution >= 0.6 is 0 Å². The average Bonchev–Trinajstić information content (AvgIpc) is 3.43. The lowest BCUT2D eigenvalue weighted by molar-refractivity contribution is -0.815. The molecule has 0 spiro atoms. The van der Waals surface area contributed by atoms with Crippen LogP contribution in [0.5, 0.6) is 0 Å². The van der Waals surface area contributed by atoms with Crippen LogP contribution in [0.1, 0.15) is 42.0 Å². The molecule has 7 N–H and O–H groups in total. The summed E-state index contributed by atoms with van der Waals surface area (Å²) in [4.78, 5) is 40.4. The zero-order chi connectivity index (χ0) is 36.0. The Morgan fingerprint density at radius 3 is 2.12 bits per heavy atom. The summed E-state index contributed by atoms with van der Waals surface area (Å²) in [5.74, 6) is 1.37. The Balaban J connectivity index is 0.000000804. The molecule has 1 saturated heterocycles. The highest BCUT2D eigenvalue weighted by molar-refractivity contribution is 7.86. The Bertz CT molecular complexity index is 1750. The lowest BCUT2D eigenvalue weighted by Crippen LogP contribution is -2.64. The molecule has 0 radical (unpaired) electrons. The molecule has 258 valence electrons. The van der Waals surface area contributed by atoms with Gasteiger partial charge in [-0.1, -0.05) is 54.6 Å². The molecule has 4 atom stereocenters. The molecule has 1 aliphatic heterocycles. The summed E-state index contributed by atoms with van der Waals surface area (Å²) in [5.41, 5.74) is 8.48. The van der Waals surface area contributed by atoms with E-state index in [1.807, 2.05) is 42.5 Å². The van der Waals surface area contributed by atoms with Crippen molar-refractivity contribution < 1.29 is 55.0 Å². The summed E-state index contributed by atoms with van der Waals surface area (Å²) in [6, 6.07) is 20.5. The molecule has 1 aliphatic rings. The van der Waals surface area contributed by atoms with Crippen molar-refractivity contribution in [3.8, 4) is 0 Å². The highest BCUT2D eigenvalue weighted by Crippen LogP contribution is 2.39. The quantitative estimate of drug-likeness (QED) is 0.0642. The molecule has 1 heterocycles. The highest BCUT2D eigenvalue weighted by Gasteiger charge is 2.49. The molecule has 48 heavy (non-hydrogen) atoms. The van der Waals surface area contributed by atoms with Gasteiger partial charge in [-0.15, -0.1) is 4.00 Å². The third-order valence-corrected chi connectivity index (χ3v) is 9.62. The van der Waals surface area contributed by atoms with Crippen LogP contribution in [0.25, 0.3) is 0 Å². The van der Waals surface area contributed by atoms with E-state index in [2.05, 4.69) is 0 Å². The molecule has 1 unspecified atom stereocenters. The number of Topliss-reactive ketones (excluding diaryl/α,β-unsaturated/α-hetero) is 1. The summed E-state index contributed by atoms with van der Waals surface area (Å²) >= 11 is 0. The minimum atomic E-state index is -5.08. The van der Waals surface area contributed by atoms with Crippen LogP contribution < -0.4 is 16.6 Å². The number of halogens is 3. The number of ketones is 1. The molecule has 0 aromatic heterocycles. The summed E-state index contributed by atoms with van der Waals surface area (Å²) in [5, 5.41) is 26.4. The van der Waals surface area contributed by atoms with Gasteiger partial charge in [-0.25, -0.2) is 14.7 Å². The predicted molar refractivity (Wildman–Crippen MR) is 167 cm³/mol. The summed E-state index contributed by atoms with van der Waals surface area (Å²) < 4.78 is 57.1. The van der Waals surface area contributed by atoms with Crippen LogP contribution in [0, 0.1) is 12.3 Å². The number of nitrogens with zero attached hydrogens (tertiary/aromatic N) is 2. The third kappa shape index (κ3) is 8.94. The van der Waals surface area contributed by atoms with Crippen LogP contribution in [0.4, 0.5) is 18.9 Å². The number of nitrogens with two attached hydrogens (primary N) is 2. The monoisotopic (exact) mass is 694 g/mol. The Kier molecular flexibility index (Phi) is 11.7. The number of carbonyl (C=O) groups excluding carboxylic acids is 1. The lowest BCUT2D eigenvalue weighted by atomic mass is 9.96. The number of nitrogens with one attached hydrogen (secondary N) is 1. The number of quaternary nitrogens is 1. The van der Waals surface area contributed by atoms with Crippen LogP contribution in [0.3, 0.4) is 0 Å². The standard InChI is InChI=1S/C29H33N5O6S.C2HF3O2/c1-19-7-6-10-25(15-19)41(38,39)34(2,32)27(29(36)37)17-23(35)16-24-18-26(20-11-13-21(14-12-20)28(30)31)33(40-24)22-8-4-3-5-9-22;3-2(4,5)1(6)7/h3-15,24,26-27H,16-18,32H2,1-2H3,(H3-,30,31,36,37);(H,6,7)/p+1/t24-,26-,27-,34?;/m0./s1. The molecule has 0 saturated carbocycles. The number of sulfonamides is 1. The van der Waals surface area contributed by atoms with Gasteiger partial charge in [-0.2, -0.15) is 27.4 Å². The Labute approximate surface area is 274 Å². The maximum absolute atomic E-state index is 13.4. The molecule has 3 aromatic carbocycles. The van der Waals surface area contributed by atoms with E-state index in [1.165, 1.54) is 12.1 Å². The van der Waals surface area contributed by atoms with E-state index in [4.69, 9.17) is 31.7 Å². The first-order valence-corrected chi connectivity index (χ1v) is 15.7. The highest BCUT2D eigenvalue weighted by atomic mass is 32.2. The maximum atomic E-state index is 13.4. The number of aliphatic carboxylic acids is 2. The van der Waals surface area contributed by atoms with E-state index in [9.17, 15) is 36.3 Å². The van der Waals surface area contributed by atoms with Crippen LogP contribution in [0.2, 0.25) is 0 Å². The Hall–Kier alpha value is -4.84. The summed E-state index contributed by atoms with van der Waals surface area (Å²) in [6.07, 6.45) is -6.01. The number of aryl methyl sites for hydroxylation is 1. The molecule has 13 nitrogen and oxygen atoms in total. The van der Waals surface area contributed by atoms with E-state index in [0.29, 0.717) is 17.5 Å². The first-order valence-electron chi connectivity index (χ1n) is 14.2. The van der Waals surface area contributed by atoms with E-state index in [0.717, 1.165) is 18.3 Å². The number of likely N-dealkylation sites (N-methyl/N-ethyl adjacent to an activating group) is 1. The first-order chi connectivity index (χ1) is 22.2. The molecule has 0 aliphatic carbocycles. The van der Waals surface area contributed by atoms with Gasteiger partial charge in [0.2, 0.25) is 6.04 Å². The van der Waals surface area contributed by atoms with Gasteiger partial charge in [0.15, 0.2) is 0 Å². The van der Waals surface area contributed by atoms with Crippen LogP contribution in [-0.2, 0) is 29.2 Å². The lowest BCUT2D eigenvalue weighted by Gasteiger charge is -2.32. The van der Waals surface area contributed by atoms with Gasteiger partial charge in [0.1, 0.15) is 23.6 Å². The number of benzene rings is 3. The third-order valence-electron chi connectivity index (χ3n) is 7.48. The van der Waals surface area contributed by atoms with Gasteiger partial charge in [0.25, 0.3) is 0 Å². The van der Waals surface area contributed by atoms with E-state index in [-0.39, 0.29) is 23.2 Å². The fourth-order valence-corrected chi connectivity index (χ4v) is 6.47. The number of hydrogen-bond donors (Lipinski definition) is 5. The van der Waals surface area contributed by atoms with Gasteiger partial charge in [0.05, 0.1) is 24.3 Å². The van der Waals surface area contributed by atoms with E-state index >= 15 is 0 Å². The number of carboxylic acid groups (broad SMARTS) is 2. The van der Waals surface area contributed by atoms with Crippen molar-refractivity contribution in [2.75, 3.05) is 12.1 Å². The summed E-state index contributed by atoms with van der Waals surface area (Å²) in [7, 11) is -3.28. The van der Waals surface area contributed by atoms with Crippen molar-refractivity contribution in [3.63, 3.8) is 0 Å². The second-order valence-electron chi connectivity index (χ2n) is 11.1. The Morgan fingerprint density at radius 2 is 1.62 bits per heavy atom. The van der Waals surface area contributed by atoms with Crippen LogP contribution in [0.15, 0.2) is 83.8 Å². The number of carbonyl (C=O) groups is 3. The van der Waals surface area contributed by atoms with Crippen molar-refractivity contribution in [2.45, 2.75) is 55.4 Å². The van der Waals surface area contributed by atoms with Gasteiger partial charge in [0, 0.05) is 18.4 Å². The van der Waals surface area contributed by atoms with Crippen molar-refractivity contribution in [1.29, 1.82) is 5.41 Å². The van der Waals surface area contributed by atoms with Crippen molar-refractivity contribution >= 4 is 39.3 Å². The van der Waals surface area contributed by atoms with Crippen molar-refractivity contribution in [1.82, 2.24) is 0 Å². The van der Waals surface area contributed by atoms with Gasteiger partial charge >= 0.3 is 28.1 Å². The smallest absolute Gasteiger partial charge is 0.477 e. The fourth-order valence-electron chi connectivity index (χ4n) is 4.93. The number of amidine groups is 1. The molecule has 3 aromatic rings. The van der Waals surface area contributed by atoms with Crippen molar-refractivity contribution in [2.24, 2.45) is 11.6 Å². The maximum Gasteiger partial charge on any atom is 0.490 e. The first kappa shape index (κ1) is 37.6. The normalized spacial score (nSPS) is 18.2. The summed E-state index contributed by atoms with van der Waals surface area (Å²) in [6.45, 7) is 1.71. The Morgan fingerprint density at radius 1 is 1.04 bits per heavy atom. The van der Waals surface area contributed by atoms with Gasteiger partial charge in [-0.3, -0.25) is 15.0 Å². The zero-order valence-electron chi connectivity index (χ0n) is 25.8. The van der Waals surface area contributed by atoms with E-state index in [1.54, 1.807) is 36.3 Å². The van der Waals surface area contributed by atoms with Gasteiger partial charge in [-0.05, 0) is 42.3 Å². The number of hydrogen-bond acceptors (Lipinski definition) is 9. The van der Waals surface area contributed by atoms with E-state index < -0.39 is 56.5 Å². The number of para-hydroxylation sites is 1. The largest absolute Gasteiger partial charge is 0.490 e. The average molecular weight is 695 g/mol. The number of carboxylic acids is 2. The molecule has 4 rings (SSSR count). The predicted octanol–water partition coefficient (Wildman–Crippen LogP) is 3.68. The number of anilines is 1. The molecule has 17 heteroatoms. The number of nitrogen functional groups attached to an aromatic ring is 1. The number of alkyl halides is 3. The SMILES string of the molecule is Cc1cccc(S(=O)(=O)[N+](C)(N)[C@@H](CC(=O)C[C@H]2C[C@@H](c3ccc(C(=N)N)cc3)N(c3ccccc3)O2)C(=O)O)c1.O=C(O)C(F)(F)F.